The van der Waals surface area contributed by atoms with Gasteiger partial charge in [-0.1, -0.05) is 12.1 Å². The topological polar surface area (TPSA) is 56.9 Å². The third-order valence-electron chi connectivity index (χ3n) is 2.53. The molecule has 5 nitrogen and oxygen atoms in total. The molecule has 0 aliphatic rings. The van der Waals surface area contributed by atoms with Gasteiger partial charge in [-0.25, -0.2) is 0 Å². The summed E-state index contributed by atoms with van der Waals surface area (Å²) in [5, 5.41) is 15.9. The SMILES string of the molecule is COc1cccc(N=[N+]([O-])c2cccc(OC)c2)c1. The highest BCUT2D eigenvalue weighted by atomic mass is 16.5. The molecule has 0 atom stereocenters. The van der Waals surface area contributed by atoms with Crippen LogP contribution in [0.3, 0.4) is 0 Å². The van der Waals surface area contributed by atoms with Crippen LogP contribution in [0.1, 0.15) is 0 Å². The summed E-state index contributed by atoms with van der Waals surface area (Å²) < 4.78 is 10.1. The van der Waals surface area contributed by atoms with E-state index in [9.17, 15) is 5.21 Å². The lowest BCUT2D eigenvalue weighted by Gasteiger charge is -2.03. The molecule has 19 heavy (non-hydrogen) atoms. The van der Waals surface area contributed by atoms with Crippen molar-refractivity contribution in [3.05, 3.63) is 53.7 Å². The summed E-state index contributed by atoms with van der Waals surface area (Å²) in [6.07, 6.45) is 0. The normalized spacial score (nSPS) is 11.2. The van der Waals surface area contributed by atoms with Gasteiger partial charge in [0.25, 0.3) is 0 Å². The fourth-order valence-corrected chi connectivity index (χ4v) is 1.56. The van der Waals surface area contributed by atoms with Crippen LogP contribution in [-0.4, -0.2) is 19.1 Å². The number of nitrogens with zero attached hydrogens (tertiary/aromatic N) is 2. The first kappa shape index (κ1) is 12.9. The van der Waals surface area contributed by atoms with Crippen LogP contribution in [0.15, 0.2) is 53.6 Å². The lowest BCUT2D eigenvalue weighted by atomic mass is 10.3. The number of benzene rings is 2. The van der Waals surface area contributed by atoms with Crippen LogP contribution >= 0.6 is 0 Å². The Hall–Kier alpha value is -2.56. The van der Waals surface area contributed by atoms with E-state index in [1.165, 1.54) is 0 Å². The number of ether oxygens (including phenoxy) is 2. The summed E-state index contributed by atoms with van der Waals surface area (Å²) in [6.45, 7) is 0. The Balaban J connectivity index is 2.30. The summed E-state index contributed by atoms with van der Waals surface area (Å²) in [5.41, 5.74) is 0.930. The third-order valence-corrected chi connectivity index (χ3v) is 2.53. The molecular weight excluding hydrogens is 244 g/mol. The first-order chi connectivity index (χ1) is 9.22. The summed E-state index contributed by atoms with van der Waals surface area (Å²) in [5.74, 6) is 1.26. The average Bonchev–Trinajstić information content (AvgIpc) is 2.47. The van der Waals surface area contributed by atoms with Crippen molar-refractivity contribution in [2.24, 2.45) is 5.11 Å². The van der Waals surface area contributed by atoms with Crippen molar-refractivity contribution in [1.82, 2.24) is 0 Å². The average molecular weight is 258 g/mol. The molecule has 0 aliphatic carbocycles. The van der Waals surface area contributed by atoms with Gasteiger partial charge in [0.05, 0.1) is 20.3 Å². The minimum atomic E-state index is 0.405. The van der Waals surface area contributed by atoms with Gasteiger partial charge in [0.2, 0.25) is 5.69 Å². The largest absolute Gasteiger partial charge is 0.594 e. The smallest absolute Gasteiger partial charge is 0.248 e. The second kappa shape index (κ2) is 5.86. The summed E-state index contributed by atoms with van der Waals surface area (Å²) in [4.78, 5) is 0.553. The van der Waals surface area contributed by atoms with Gasteiger partial charge < -0.3 is 14.7 Å². The molecule has 0 aromatic heterocycles. The molecule has 0 unspecified atom stereocenters. The van der Waals surface area contributed by atoms with Crippen LogP contribution in [0.4, 0.5) is 11.4 Å². The Bertz CT molecular complexity index is 597. The van der Waals surface area contributed by atoms with Gasteiger partial charge in [-0.2, -0.15) is 0 Å². The molecule has 0 bridgehead atoms. The molecule has 98 valence electrons. The minimum Gasteiger partial charge on any atom is -0.594 e. The van der Waals surface area contributed by atoms with Gasteiger partial charge in [0.1, 0.15) is 17.2 Å². The Kier molecular flexibility index (Phi) is 3.97. The highest BCUT2D eigenvalue weighted by Crippen LogP contribution is 2.24. The van der Waals surface area contributed by atoms with Gasteiger partial charge >= 0.3 is 0 Å². The molecule has 0 heterocycles. The molecule has 0 fully saturated rings. The van der Waals surface area contributed by atoms with Crippen LogP contribution in [-0.2, 0) is 0 Å². The number of azo groups is 1. The number of methoxy groups -OCH3 is 2. The molecule has 2 aromatic rings. The van der Waals surface area contributed by atoms with Gasteiger partial charge in [-0.3, -0.25) is 0 Å². The maximum Gasteiger partial charge on any atom is 0.248 e. The molecule has 2 aromatic carbocycles. The number of hydrogen-bond acceptors (Lipinski definition) is 4. The van der Waals surface area contributed by atoms with Crippen molar-refractivity contribution in [2.75, 3.05) is 14.2 Å². The zero-order valence-electron chi connectivity index (χ0n) is 10.7. The van der Waals surface area contributed by atoms with Crippen molar-refractivity contribution < 1.29 is 14.3 Å². The van der Waals surface area contributed by atoms with Crippen LogP contribution in [0.5, 0.6) is 11.5 Å². The van der Waals surface area contributed by atoms with Gasteiger partial charge in [0, 0.05) is 17.2 Å². The zero-order valence-corrected chi connectivity index (χ0v) is 10.7. The first-order valence-electron chi connectivity index (χ1n) is 5.70. The lowest BCUT2D eigenvalue weighted by molar-refractivity contribution is -0.435. The van der Waals surface area contributed by atoms with E-state index in [4.69, 9.17) is 9.47 Å². The Morgan fingerprint density at radius 1 is 0.947 bits per heavy atom. The number of hydrogen-bond donors (Lipinski definition) is 0. The monoisotopic (exact) mass is 258 g/mol. The lowest BCUT2D eigenvalue weighted by Crippen LogP contribution is -1.91. The van der Waals surface area contributed by atoms with E-state index in [1.54, 1.807) is 62.8 Å². The molecule has 0 amide bonds. The molecular formula is C14H14N2O3. The Morgan fingerprint density at radius 3 is 2.26 bits per heavy atom. The van der Waals surface area contributed by atoms with Crippen molar-refractivity contribution in [2.45, 2.75) is 0 Å². The van der Waals surface area contributed by atoms with Crippen molar-refractivity contribution in [3.63, 3.8) is 0 Å². The Labute approximate surface area is 111 Å². The molecule has 2 rings (SSSR count). The van der Waals surface area contributed by atoms with Crippen molar-refractivity contribution in [3.8, 4) is 11.5 Å². The highest BCUT2D eigenvalue weighted by Gasteiger charge is 2.06. The van der Waals surface area contributed by atoms with Gasteiger partial charge in [0.15, 0.2) is 0 Å². The van der Waals surface area contributed by atoms with Gasteiger partial charge in [-0.05, 0) is 23.1 Å². The molecule has 0 saturated carbocycles. The second-order valence-electron chi connectivity index (χ2n) is 3.78. The summed E-state index contributed by atoms with van der Waals surface area (Å²) in [7, 11) is 3.11. The molecule has 0 spiro atoms. The van der Waals surface area contributed by atoms with Gasteiger partial charge in [-0.15, -0.1) is 0 Å². The fourth-order valence-electron chi connectivity index (χ4n) is 1.56. The molecule has 0 N–H and O–H groups in total. The predicted octanol–water partition coefficient (Wildman–Crippen LogP) is 3.63. The molecule has 0 saturated heterocycles. The summed E-state index contributed by atoms with van der Waals surface area (Å²) in [6, 6.07) is 13.8. The quantitative estimate of drug-likeness (QED) is 0.478. The molecule has 0 aliphatic heterocycles. The van der Waals surface area contributed by atoms with Crippen molar-refractivity contribution >= 4 is 11.4 Å². The third kappa shape index (κ3) is 3.22. The predicted molar refractivity (Wildman–Crippen MR) is 71.4 cm³/mol. The van der Waals surface area contributed by atoms with Crippen LogP contribution in [0.25, 0.3) is 0 Å². The van der Waals surface area contributed by atoms with E-state index in [1.807, 2.05) is 0 Å². The summed E-state index contributed by atoms with van der Waals surface area (Å²) >= 11 is 0. The fraction of sp³-hybridized carbons (Fsp3) is 0.143. The van der Waals surface area contributed by atoms with E-state index < -0.39 is 0 Å². The minimum absolute atomic E-state index is 0.405. The van der Waals surface area contributed by atoms with Crippen LogP contribution in [0, 0.1) is 5.21 Å². The van der Waals surface area contributed by atoms with Crippen molar-refractivity contribution in [1.29, 1.82) is 0 Å². The first-order valence-corrected chi connectivity index (χ1v) is 5.70. The number of rotatable bonds is 4. The second-order valence-corrected chi connectivity index (χ2v) is 3.78. The molecule has 0 radical (unpaired) electrons. The van der Waals surface area contributed by atoms with E-state index in [0.717, 1.165) is 0 Å². The van der Waals surface area contributed by atoms with E-state index in [0.29, 0.717) is 27.7 Å². The zero-order chi connectivity index (χ0) is 13.7. The maximum atomic E-state index is 11.9. The van der Waals surface area contributed by atoms with E-state index in [2.05, 4.69) is 5.11 Å². The maximum absolute atomic E-state index is 11.9. The van der Waals surface area contributed by atoms with E-state index in [-0.39, 0.29) is 0 Å². The highest BCUT2D eigenvalue weighted by molar-refractivity contribution is 5.43. The van der Waals surface area contributed by atoms with E-state index >= 15 is 0 Å². The van der Waals surface area contributed by atoms with Crippen LogP contribution < -0.4 is 9.47 Å². The Morgan fingerprint density at radius 2 is 1.58 bits per heavy atom. The standard InChI is InChI=1S/C14H14N2O3/c1-18-13-7-3-5-11(9-13)15-16(17)12-6-4-8-14(10-12)19-2/h3-10H,1-2H3. The molecule has 5 heteroatoms. The van der Waals surface area contributed by atoms with Crippen LogP contribution in [0.2, 0.25) is 0 Å².